The maximum atomic E-state index is 12.3. The third kappa shape index (κ3) is 6.24. The summed E-state index contributed by atoms with van der Waals surface area (Å²) in [5, 5.41) is 0. The molecule has 0 unspecified atom stereocenters. The molecule has 5 heteroatoms. The van der Waals surface area contributed by atoms with Crippen molar-refractivity contribution in [1.29, 1.82) is 0 Å². The molecule has 5 nitrogen and oxygen atoms in total. The van der Waals surface area contributed by atoms with Crippen LogP contribution < -0.4 is 4.74 Å². The highest BCUT2D eigenvalue weighted by molar-refractivity contribution is 6.03. The number of rotatable bonds is 10. The van der Waals surface area contributed by atoms with Crippen LogP contribution in [0.4, 0.5) is 0 Å². The average Bonchev–Trinajstić information content (AvgIpc) is 2.69. The molecule has 0 aliphatic carbocycles. The molecule has 26 heavy (non-hydrogen) atoms. The van der Waals surface area contributed by atoms with Crippen molar-refractivity contribution < 1.29 is 23.8 Å². The molecule has 0 amide bonds. The van der Waals surface area contributed by atoms with E-state index in [0.29, 0.717) is 12.4 Å². The predicted octanol–water partition coefficient (Wildman–Crippen LogP) is 4.27. The largest absolute Gasteiger partial charge is 0.490 e. The van der Waals surface area contributed by atoms with Crippen molar-refractivity contribution in [2.24, 2.45) is 0 Å². The number of esters is 2. The topological polar surface area (TPSA) is 61.8 Å². The highest BCUT2D eigenvalue weighted by atomic mass is 16.6. The van der Waals surface area contributed by atoms with Gasteiger partial charge in [-0.25, -0.2) is 9.59 Å². The van der Waals surface area contributed by atoms with Crippen LogP contribution in [0, 0.1) is 0 Å². The lowest BCUT2D eigenvalue weighted by atomic mass is 10.1. The van der Waals surface area contributed by atoms with Crippen LogP contribution in [0.5, 0.6) is 5.75 Å². The zero-order valence-corrected chi connectivity index (χ0v) is 15.0. The van der Waals surface area contributed by atoms with Gasteiger partial charge in [0.05, 0.1) is 17.7 Å². The first kappa shape index (κ1) is 19.5. The molecule has 0 aliphatic rings. The zero-order chi connectivity index (χ0) is 18.6. The van der Waals surface area contributed by atoms with Crippen LogP contribution in [0.15, 0.2) is 54.6 Å². The molecule has 2 rings (SSSR count). The fourth-order valence-corrected chi connectivity index (χ4v) is 2.32. The minimum Gasteiger partial charge on any atom is -0.490 e. The summed E-state index contributed by atoms with van der Waals surface area (Å²) in [5.74, 6) is -0.364. The highest BCUT2D eigenvalue weighted by Crippen LogP contribution is 2.13. The number of carbonyl (C=O) groups is 2. The third-order valence-corrected chi connectivity index (χ3v) is 3.68. The van der Waals surface area contributed by atoms with E-state index in [0.717, 1.165) is 19.3 Å². The molecule has 0 heterocycles. The summed E-state index contributed by atoms with van der Waals surface area (Å²) in [7, 11) is 0. The first-order chi connectivity index (χ1) is 12.7. The van der Waals surface area contributed by atoms with Gasteiger partial charge in [0.25, 0.3) is 0 Å². The molecule has 0 aliphatic heterocycles. The number of benzene rings is 2. The Labute approximate surface area is 153 Å². The molecular weight excluding hydrogens is 332 g/mol. The maximum Gasteiger partial charge on any atom is 0.339 e. The molecule has 0 spiro atoms. The lowest BCUT2D eigenvalue weighted by molar-refractivity contribution is 0.0422. The van der Waals surface area contributed by atoms with Crippen molar-refractivity contribution in [1.82, 2.24) is 0 Å². The second-order valence-electron chi connectivity index (χ2n) is 5.69. The van der Waals surface area contributed by atoms with Crippen molar-refractivity contribution in [2.75, 3.05) is 19.8 Å². The minimum atomic E-state index is -0.567. The first-order valence-electron chi connectivity index (χ1n) is 8.83. The van der Waals surface area contributed by atoms with Crippen LogP contribution in [-0.2, 0) is 9.47 Å². The van der Waals surface area contributed by atoms with Crippen LogP contribution >= 0.6 is 0 Å². The van der Waals surface area contributed by atoms with Crippen molar-refractivity contribution in [3.8, 4) is 5.75 Å². The minimum absolute atomic E-state index is 0.0909. The van der Waals surface area contributed by atoms with E-state index in [-0.39, 0.29) is 24.3 Å². The smallest absolute Gasteiger partial charge is 0.339 e. The van der Waals surface area contributed by atoms with E-state index >= 15 is 0 Å². The standard InChI is InChI=1S/C21H24O5/c1-2-3-9-14-25-20(22)18-12-7-8-13-19(18)21(23)26-16-15-24-17-10-5-4-6-11-17/h4-8,10-13H,2-3,9,14-16H2,1H3. The second kappa shape index (κ2) is 10.9. The number of carbonyl (C=O) groups excluding carboxylic acids is 2. The Bertz CT molecular complexity index is 697. The van der Waals surface area contributed by atoms with Crippen molar-refractivity contribution in [2.45, 2.75) is 26.2 Å². The van der Waals surface area contributed by atoms with Crippen LogP contribution in [0.25, 0.3) is 0 Å². The molecule has 0 saturated heterocycles. The van der Waals surface area contributed by atoms with Gasteiger partial charge in [-0.05, 0) is 30.7 Å². The Morgan fingerprint density at radius 2 is 1.31 bits per heavy atom. The fourth-order valence-electron chi connectivity index (χ4n) is 2.32. The quantitative estimate of drug-likeness (QED) is 0.470. The predicted molar refractivity (Wildman–Crippen MR) is 98.5 cm³/mol. The van der Waals surface area contributed by atoms with Gasteiger partial charge >= 0.3 is 11.9 Å². The molecular formula is C21H24O5. The molecule has 2 aromatic carbocycles. The third-order valence-electron chi connectivity index (χ3n) is 3.68. The summed E-state index contributed by atoms with van der Waals surface area (Å²) in [6, 6.07) is 15.8. The van der Waals surface area contributed by atoms with Gasteiger partial charge < -0.3 is 14.2 Å². The maximum absolute atomic E-state index is 12.3. The highest BCUT2D eigenvalue weighted by Gasteiger charge is 2.18. The van der Waals surface area contributed by atoms with Crippen molar-refractivity contribution >= 4 is 11.9 Å². The van der Waals surface area contributed by atoms with E-state index in [1.807, 2.05) is 30.3 Å². The number of ether oxygens (including phenoxy) is 3. The summed E-state index contributed by atoms with van der Waals surface area (Å²) in [4.78, 5) is 24.5. The van der Waals surface area contributed by atoms with Gasteiger partial charge in [-0.15, -0.1) is 0 Å². The molecule has 0 saturated carbocycles. The Hall–Kier alpha value is -2.82. The number of unbranched alkanes of at least 4 members (excludes halogenated alkanes) is 2. The SMILES string of the molecule is CCCCCOC(=O)c1ccccc1C(=O)OCCOc1ccccc1. The first-order valence-corrected chi connectivity index (χ1v) is 8.83. The number of hydrogen-bond donors (Lipinski definition) is 0. The summed E-state index contributed by atoms with van der Waals surface area (Å²) in [5.41, 5.74) is 0.422. The lowest BCUT2D eigenvalue weighted by Gasteiger charge is -2.10. The van der Waals surface area contributed by atoms with Crippen molar-refractivity contribution in [3.05, 3.63) is 65.7 Å². The van der Waals surface area contributed by atoms with Crippen LogP contribution in [0.3, 0.4) is 0 Å². The lowest BCUT2D eigenvalue weighted by Crippen LogP contribution is -2.17. The van der Waals surface area contributed by atoms with Gasteiger partial charge in [-0.2, -0.15) is 0 Å². The monoisotopic (exact) mass is 356 g/mol. The molecule has 0 atom stereocenters. The molecule has 0 bridgehead atoms. The Morgan fingerprint density at radius 3 is 1.92 bits per heavy atom. The van der Waals surface area contributed by atoms with Crippen molar-refractivity contribution in [3.63, 3.8) is 0 Å². The van der Waals surface area contributed by atoms with E-state index in [1.54, 1.807) is 24.3 Å². The summed E-state index contributed by atoms with van der Waals surface area (Å²) < 4.78 is 15.9. The van der Waals surface area contributed by atoms with E-state index < -0.39 is 11.9 Å². The van der Waals surface area contributed by atoms with E-state index in [9.17, 15) is 9.59 Å². The molecule has 0 fully saturated rings. The average molecular weight is 356 g/mol. The fraction of sp³-hybridized carbons (Fsp3) is 0.333. The molecule has 0 aromatic heterocycles. The van der Waals surface area contributed by atoms with Crippen LogP contribution in [0.1, 0.15) is 46.9 Å². The van der Waals surface area contributed by atoms with Gasteiger partial charge in [0.15, 0.2) is 0 Å². The van der Waals surface area contributed by atoms with Crippen LogP contribution in [0.2, 0.25) is 0 Å². The van der Waals surface area contributed by atoms with Gasteiger partial charge in [-0.1, -0.05) is 50.1 Å². The van der Waals surface area contributed by atoms with Gasteiger partial charge in [-0.3, -0.25) is 0 Å². The van der Waals surface area contributed by atoms with Gasteiger partial charge in [0, 0.05) is 0 Å². The van der Waals surface area contributed by atoms with Gasteiger partial charge in [0.2, 0.25) is 0 Å². The molecule has 0 radical (unpaired) electrons. The number of hydrogen-bond acceptors (Lipinski definition) is 5. The van der Waals surface area contributed by atoms with Crippen LogP contribution in [-0.4, -0.2) is 31.8 Å². The Kier molecular flexibility index (Phi) is 8.19. The summed E-state index contributed by atoms with van der Waals surface area (Å²) >= 11 is 0. The molecule has 2 aromatic rings. The normalized spacial score (nSPS) is 10.2. The second-order valence-corrected chi connectivity index (χ2v) is 5.69. The van der Waals surface area contributed by atoms with Gasteiger partial charge in [0.1, 0.15) is 19.0 Å². The Morgan fingerprint density at radius 1 is 0.731 bits per heavy atom. The Balaban J connectivity index is 1.85. The van der Waals surface area contributed by atoms with E-state index in [1.165, 1.54) is 0 Å². The molecule has 138 valence electrons. The summed E-state index contributed by atoms with van der Waals surface area (Å²) in [6.07, 6.45) is 2.86. The zero-order valence-electron chi connectivity index (χ0n) is 15.0. The number of para-hydroxylation sites is 1. The summed E-state index contributed by atoms with van der Waals surface area (Å²) in [6.45, 7) is 2.75. The molecule has 0 N–H and O–H groups in total. The van der Waals surface area contributed by atoms with E-state index in [4.69, 9.17) is 14.2 Å². The van der Waals surface area contributed by atoms with E-state index in [2.05, 4.69) is 6.92 Å².